The summed E-state index contributed by atoms with van der Waals surface area (Å²) in [6.45, 7) is 18.8. The average Bonchev–Trinajstić information content (AvgIpc) is 2.90. The third kappa shape index (κ3) is 7.16. The molecular weight excluding hydrogens is 448 g/mol. The normalized spacial score (nSPS) is 11.1. The van der Waals surface area contributed by atoms with Gasteiger partial charge in [0.1, 0.15) is 49.4 Å². The minimum Gasteiger partial charge on any atom is -0.489 e. The van der Waals surface area contributed by atoms with Gasteiger partial charge in [0, 0.05) is 29.2 Å². The third-order valence-electron chi connectivity index (χ3n) is 5.29. The molecule has 3 rings (SSSR count). The Morgan fingerprint density at radius 1 is 0.694 bits per heavy atom. The summed E-state index contributed by atoms with van der Waals surface area (Å²) < 4.78 is 23.9. The Bertz CT molecular complexity index is 1180. The standard InChI is InChI=1S/C32H34O4/c1-6-18-33-26-14-16-28(30(21-26)34-19-7-2)32(25-12-10-9-11-13-25)29-17-15-27(36-23-24(4)5)22-31(29)35-20-8-3/h6-17,21-22,32H,1-4,18-20,23H2,5H3. The first kappa shape index (κ1) is 26.4. The van der Waals surface area contributed by atoms with Crippen molar-refractivity contribution in [3.8, 4) is 23.0 Å². The second-order valence-corrected chi connectivity index (χ2v) is 8.29. The van der Waals surface area contributed by atoms with Crippen LogP contribution >= 0.6 is 0 Å². The van der Waals surface area contributed by atoms with Gasteiger partial charge in [0.25, 0.3) is 0 Å². The van der Waals surface area contributed by atoms with Crippen LogP contribution in [0.1, 0.15) is 29.5 Å². The fraction of sp³-hybridized carbons (Fsp3) is 0.188. The lowest BCUT2D eigenvalue weighted by atomic mass is 9.84. The van der Waals surface area contributed by atoms with Gasteiger partial charge in [-0.05, 0) is 30.2 Å². The number of ether oxygens (including phenoxy) is 4. The van der Waals surface area contributed by atoms with E-state index in [0.29, 0.717) is 49.4 Å². The van der Waals surface area contributed by atoms with Crippen molar-refractivity contribution in [3.63, 3.8) is 0 Å². The van der Waals surface area contributed by atoms with Crippen LogP contribution < -0.4 is 18.9 Å². The van der Waals surface area contributed by atoms with Crippen LogP contribution in [0.15, 0.2) is 117 Å². The zero-order chi connectivity index (χ0) is 25.8. The Kier molecular flexibility index (Phi) is 10.0. The molecule has 0 radical (unpaired) electrons. The molecule has 1 atom stereocenters. The van der Waals surface area contributed by atoms with Crippen molar-refractivity contribution in [1.29, 1.82) is 0 Å². The zero-order valence-electron chi connectivity index (χ0n) is 21.0. The molecule has 1 unspecified atom stereocenters. The first-order valence-electron chi connectivity index (χ1n) is 11.9. The predicted octanol–water partition coefficient (Wildman–Crippen LogP) is 7.52. The van der Waals surface area contributed by atoms with Gasteiger partial charge in [-0.15, -0.1) is 0 Å². The zero-order valence-corrected chi connectivity index (χ0v) is 21.0. The van der Waals surface area contributed by atoms with Gasteiger partial charge in [-0.2, -0.15) is 0 Å². The first-order chi connectivity index (χ1) is 17.6. The van der Waals surface area contributed by atoms with Crippen molar-refractivity contribution < 1.29 is 18.9 Å². The Labute approximate surface area is 214 Å². The van der Waals surface area contributed by atoms with E-state index in [1.165, 1.54) is 0 Å². The van der Waals surface area contributed by atoms with Crippen LogP contribution in [0.5, 0.6) is 23.0 Å². The van der Waals surface area contributed by atoms with Gasteiger partial charge >= 0.3 is 0 Å². The molecule has 186 valence electrons. The van der Waals surface area contributed by atoms with Gasteiger partial charge in [-0.1, -0.05) is 87.0 Å². The molecule has 3 aromatic rings. The molecule has 0 aliphatic carbocycles. The van der Waals surface area contributed by atoms with Crippen molar-refractivity contribution in [2.75, 3.05) is 26.4 Å². The van der Waals surface area contributed by atoms with Gasteiger partial charge in [-0.3, -0.25) is 0 Å². The smallest absolute Gasteiger partial charge is 0.127 e. The minimum absolute atomic E-state index is 0.172. The van der Waals surface area contributed by atoms with E-state index in [1.54, 1.807) is 18.2 Å². The van der Waals surface area contributed by atoms with Crippen molar-refractivity contribution >= 4 is 0 Å². The summed E-state index contributed by atoms with van der Waals surface area (Å²) in [5, 5.41) is 0. The highest BCUT2D eigenvalue weighted by atomic mass is 16.5. The van der Waals surface area contributed by atoms with Crippen LogP contribution in [0.25, 0.3) is 0 Å². The quantitative estimate of drug-likeness (QED) is 0.166. The van der Waals surface area contributed by atoms with E-state index < -0.39 is 0 Å². The number of benzene rings is 3. The van der Waals surface area contributed by atoms with Crippen molar-refractivity contribution in [1.82, 2.24) is 0 Å². The molecule has 0 amide bonds. The van der Waals surface area contributed by atoms with Crippen LogP contribution in [0.3, 0.4) is 0 Å². The van der Waals surface area contributed by atoms with Crippen LogP contribution in [-0.4, -0.2) is 26.4 Å². The van der Waals surface area contributed by atoms with E-state index in [4.69, 9.17) is 18.9 Å². The molecule has 0 aliphatic rings. The summed E-state index contributed by atoms with van der Waals surface area (Å²) in [7, 11) is 0. The molecule has 3 aromatic carbocycles. The average molecular weight is 483 g/mol. The van der Waals surface area contributed by atoms with E-state index in [-0.39, 0.29) is 5.92 Å². The largest absolute Gasteiger partial charge is 0.489 e. The topological polar surface area (TPSA) is 36.9 Å². The Balaban J connectivity index is 2.17. The second kappa shape index (κ2) is 13.6. The summed E-state index contributed by atoms with van der Waals surface area (Å²) in [5.74, 6) is 2.67. The molecule has 0 saturated carbocycles. The van der Waals surface area contributed by atoms with E-state index in [2.05, 4.69) is 38.4 Å². The Morgan fingerprint density at radius 2 is 1.19 bits per heavy atom. The number of hydrogen-bond donors (Lipinski definition) is 0. The third-order valence-corrected chi connectivity index (χ3v) is 5.29. The van der Waals surface area contributed by atoms with E-state index in [1.807, 2.05) is 61.5 Å². The molecule has 0 N–H and O–H groups in total. The summed E-state index contributed by atoms with van der Waals surface area (Å²) in [5.41, 5.74) is 4.00. The number of rotatable bonds is 15. The van der Waals surface area contributed by atoms with Crippen molar-refractivity contribution in [3.05, 3.63) is 134 Å². The lowest BCUT2D eigenvalue weighted by Gasteiger charge is -2.25. The minimum atomic E-state index is -0.172. The van der Waals surface area contributed by atoms with Gasteiger partial charge in [0.05, 0.1) is 0 Å². The lowest BCUT2D eigenvalue weighted by molar-refractivity contribution is 0.335. The maximum Gasteiger partial charge on any atom is 0.127 e. The highest BCUT2D eigenvalue weighted by Gasteiger charge is 2.25. The SMILES string of the molecule is C=CCOc1ccc(C(c2ccccc2)c2ccc(OCC(=C)C)cc2OCC=C)c(OCC=C)c1. The molecule has 4 heteroatoms. The van der Waals surface area contributed by atoms with Crippen LogP contribution in [0.2, 0.25) is 0 Å². The molecule has 36 heavy (non-hydrogen) atoms. The fourth-order valence-corrected chi connectivity index (χ4v) is 3.77. The summed E-state index contributed by atoms with van der Waals surface area (Å²) in [6.07, 6.45) is 5.17. The molecule has 0 aromatic heterocycles. The molecule has 0 spiro atoms. The Hall–Kier alpha value is -4.18. The van der Waals surface area contributed by atoms with Gasteiger partial charge in [0.15, 0.2) is 0 Å². The molecule has 0 fully saturated rings. The monoisotopic (exact) mass is 482 g/mol. The van der Waals surface area contributed by atoms with Crippen molar-refractivity contribution in [2.45, 2.75) is 12.8 Å². The van der Waals surface area contributed by atoms with E-state index in [0.717, 1.165) is 22.3 Å². The molecule has 4 nitrogen and oxygen atoms in total. The second-order valence-electron chi connectivity index (χ2n) is 8.29. The molecule has 0 aliphatic heterocycles. The highest BCUT2D eigenvalue weighted by molar-refractivity contribution is 5.56. The number of hydrogen-bond acceptors (Lipinski definition) is 4. The van der Waals surface area contributed by atoms with Gasteiger partial charge in [0.2, 0.25) is 0 Å². The summed E-state index contributed by atoms with van der Waals surface area (Å²) >= 11 is 0. The molecule has 0 heterocycles. The van der Waals surface area contributed by atoms with Crippen LogP contribution in [0, 0.1) is 0 Å². The fourth-order valence-electron chi connectivity index (χ4n) is 3.77. The summed E-state index contributed by atoms with van der Waals surface area (Å²) in [6, 6.07) is 22.1. The first-order valence-corrected chi connectivity index (χ1v) is 11.9. The van der Waals surface area contributed by atoms with Gasteiger partial charge < -0.3 is 18.9 Å². The molecule has 0 saturated heterocycles. The summed E-state index contributed by atoms with van der Waals surface area (Å²) in [4.78, 5) is 0. The molecule has 0 bridgehead atoms. The maximum atomic E-state index is 6.14. The lowest BCUT2D eigenvalue weighted by Crippen LogP contribution is -2.10. The van der Waals surface area contributed by atoms with Gasteiger partial charge in [-0.25, -0.2) is 0 Å². The van der Waals surface area contributed by atoms with E-state index >= 15 is 0 Å². The van der Waals surface area contributed by atoms with E-state index in [9.17, 15) is 0 Å². The van der Waals surface area contributed by atoms with Crippen molar-refractivity contribution in [2.24, 2.45) is 0 Å². The maximum absolute atomic E-state index is 6.14. The Morgan fingerprint density at radius 3 is 1.69 bits per heavy atom. The van der Waals surface area contributed by atoms with Crippen LogP contribution in [0.4, 0.5) is 0 Å². The highest BCUT2D eigenvalue weighted by Crippen LogP contribution is 2.43. The van der Waals surface area contributed by atoms with Crippen LogP contribution in [-0.2, 0) is 0 Å². The predicted molar refractivity (Wildman–Crippen MR) is 148 cm³/mol. The molecular formula is C32H34O4.